The van der Waals surface area contributed by atoms with E-state index in [4.69, 9.17) is 22.0 Å². The molecule has 0 atom stereocenters. The molecule has 0 aliphatic rings. The first-order valence-electron chi connectivity index (χ1n) is 17.5. The normalized spacial score (nSPS) is 13.5. The second-order valence-electron chi connectivity index (χ2n) is 11.0. The molecule has 0 saturated carbocycles. The van der Waals surface area contributed by atoms with Gasteiger partial charge in [-0.15, -0.1) is 53.6 Å². The largest absolute Gasteiger partial charge is 0.500 e. The van der Waals surface area contributed by atoms with Crippen molar-refractivity contribution >= 4 is 33.0 Å². The average Bonchev–Trinajstić information content (AvgIpc) is 3.71. The predicted molar refractivity (Wildman–Crippen MR) is 181 cm³/mol. The van der Waals surface area contributed by atoms with Gasteiger partial charge >= 0.3 is 0 Å². The van der Waals surface area contributed by atoms with Gasteiger partial charge in [0.15, 0.2) is 5.58 Å². The summed E-state index contributed by atoms with van der Waals surface area (Å²) in [5.41, 5.74) is 8.52. The van der Waals surface area contributed by atoms with Crippen LogP contribution in [-0.4, -0.2) is 15.0 Å². The second kappa shape index (κ2) is 13.2. The van der Waals surface area contributed by atoms with Crippen molar-refractivity contribution in [2.45, 2.75) is 33.5 Å². The summed E-state index contributed by atoms with van der Waals surface area (Å²) in [6, 6.07) is 35.8. The first-order chi connectivity index (χ1) is 24.3. The molecule has 5 nitrogen and oxygen atoms in total. The number of hydrogen-bond donors (Lipinski definition) is 0. The predicted octanol–water partition coefficient (Wildman–Crippen LogP) is 10.5. The number of furan rings is 1. The van der Waals surface area contributed by atoms with E-state index in [0.717, 1.165) is 44.3 Å². The van der Waals surface area contributed by atoms with Crippen molar-refractivity contribution in [3.05, 3.63) is 138 Å². The van der Waals surface area contributed by atoms with Crippen molar-refractivity contribution in [3.63, 3.8) is 0 Å². The summed E-state index contributed by atoms with van der Waals surface area (Å²) >= 11 is 0. The Bertz CT molecular complexity index is 2420. The van der Waals surface area contributed by atoms with E-state index in [-0.39, 0.29) is 31.2 Å². The number of rotatable bonds is 4. The third kappa shape index (κ3) is 6.28. The van der Waals surface area contributed by atoms with Crippen LogP contribution in [-0.2, 0) is 20.1 Å². The van der Waals surface area contributed by atoms with Crippen LogP contribution in [0.3, 0.4) is 0 Å². The molecule has 8 aromatic rings. The quantitative estimate of drug-likeness (QED) is 0.166. The van der Waals surface area contributed by atoms with E-state index in [2.05, 4.69) is 48.1 Å². The Morgan fingerprint density at radius 3 is 2.35 bits per heavy atom. The third-order valence-electron chi connectivity index (χ3n) is 7.52. The Hall–Kier alpha value is -4.90. The van der Waals surface area contributed by atoms with Crippen LogP contribution < -0.4 is 0 Å². The third-order valence-corrected chi connectivity index (χ3v) is 7.52. The van der Waals surface area contributed by atoms with Gasteiger partial charge in [0.25, 0.3) is 0 Å². The van der Waals surface area contributed by atoms with E-state index in [1.807, 2.05) is 60.8 Å². The van der Waals surface area contributed by atoms with Gasteiger partial charge in [-0.2, -0.15) is 0 Å². The monoisotopic (exact) mass is 784 g/mol. The van der Waals surface area contributed by atoms with Gasteiger partial charge < -0.3 is 18.8 Å². The molecule has 4 aromatic heterocycles. The number of hydrogen-bond acceptors (Lipinski definition) is 5. The van der Waals surface area contributed by atoms with Crippen LogP contribution in [0, 0.1) is 25.8 Å². The van der Waals surface area contributed by atoms with Crippen molar-refractivity contribution in [2.24, 2.45) is 0 Å². The molecule has 0 N–H and O–H groups in total. The molecule has 0 unspecified atom stereocenters. The van der Waals surface area contributed by atoms with E-state index in [1.54, 1.807) is 12.1 Å². The molecule has 0 fully saturated rings. The zero-order valence-electron chi connectivity index (χ0n) is 31.0. The minimum absolute atomic E-state index is 0. The number of benzene rings is 4. The standard InChI is InChI=1S/C27H19N2O2.C13H12N.Ir/c1-16(2)18-11-12-28-22(13-18)20-10-6-9-19-21-14-23-25(15-24(21)30-26(19)20)31-27(29-23)17-7-4-3-5-8-17;1-10-3-6-12(7-4-10)13-8-5-11(2)9-14-13;/h3-9,11-16H,1-2H3;3-6,8-9H,1-2H3;/q2*-1;/i;1D3,2D3;. The first kappa shape index (κ1) is 24.3. The number of aryl methyl sites for hydroxylation is 2. The topological polar surface area (TPSA) is 65.0 Å². The fourth-order valence-electron chi connectivity index (χ4n) is 5.14. The Balaban J connectivity index is 0.000000193. The van der Waals surface area contributed by atoms with Gasteiger partial charge in [0.05, 0.1) is 5.58 Å². The summed E-state index contributed by atoms with van der Waals surface area (Å²) in [5, 5.41) is 2.03. The van der Waals surface area contributed by atoms with E-state index in [9.17, 15) is 0 Å². The van der Waals surface area contributed by atoms with Crippen LogP contribution in [0.4, 0.5) is 0 Å². The van der Waals surface area contributed by atoms with Crippen molar-refractivity contribution < 1.29 is 37.2 Å². The van der Waals surface area contributed by atoms with Crippen LogP contribution in [0.5, 0.6) is 0 Å². The Morgan fingerprint density at radius 2 is 1.61 bits per heavy atom. The summed E-state index contributed by atoms with van der Waals surface area (Å²) in [5.74, 6) is 1.03. The number of fused-ring (bicyclic) bond motifs is 4. The minimum Gasteiger partial charge on any atom is -0.500 e. The average molecular weight is 784 g/mol. The maximum Gasteiger partial charge on any atom is 0.227 e. The van der Waals surface area contributed by atoms with Crippen molar-refractivity contribution in [1.29, 1.82) is 0 Å². The molecular formula is C40H31IrN3O2-2. The smallest absolute Gasteiger partial charge is 0.227 e. The molecule has 0 bridgehead atoms. The maximum absolute atomic E-state index is 7.28. The van der Waals surface area contributed by atoms with Crippen LogP contribution in [0.15, 0.2) is 118 Å². The van der Waals surface area contributed by atoms with Gasteiger partial charge in [-0.1, -0.05) is 73.6 Å². The molecule has 46 heavy (non-hydrogen) atoms. The Labute approximate surface area is 290 Å². The molecule has 0 aliphatic carbocycles. The maximum atomic E-state index is 7.28. The summed E-state index contributed by atoms with van der Waals surface area (Å²) in [6.45, 7) is 0.0145. The summed E-state index contributed by atoms with van der Waals surface area (Å²) in [4.78, 5) is 13.4. The second-order valence-corrected chi connectivity index (χ2v) is 11.0. The van der Waals surface area contributed by atoms with Crippen LogP contribution in [0.1, 0.15) is 44.7 Å². The molecular weight excluding hydrogens is 747 g/mol. The summed E-state index contributed by atoms with van der Waals surface area (Å²) in [6.07, 6.45) is 3.15. The van der Waals surface area contributed by atoms with Gasteiger partial charge in [0.1, 0.15) is 11.1 Å². The fourth-order valence-corrected chi connectivity index (χ4v) is 5.14. The van der Waals surface area contributed by atoms with Gasteiger partial charge in [0.2, 0.25) is 5.89 Å². The molecule has 6 heteroatoms. The molecule has 229 valence electrons. The van der Waals surface area contributed by atoms with Gasteiger partial charge in [-0.3, -0.25) is 0 Å². The SMILES string of the molecule is CC(C)c1ccnc(-c2[c-]ccc3c2oc2cc4oc(-c5ccccc5)nc4cc23)c1.[2H]C([2H])([2H])c1c[c-]c(-c2ccc(C([2H])([2H])[2H])cn2)cc1.[Ir]. The summed E-state index contributed by atoms with van der Waals surface area (Å²) < 4.78 is 56.0. The van der Waals surface area contributed by atoms with Crippen LogP contribution >= 0.6 is 0 Å². The van der Waals surface area contributed by atoms with E-state index in [1.165, 1.54) is 30.0 Å². The van der Waals surface area contributed by atoms with Gasteiger partial charge in [-0.05, 0) is 54.0 Å². The molecule has 0 saturated heterocycles. The minimum atomic E-state index is -2.18. The molecule has 4 heterocycles. The molecule has 1 radical (unpaired) electrons. The van der Waals surface area contributed by atoms with Crippen LogP contribution in [0.2, 0.25) is 0 Å². The van der Waals surface area contributed by atoms with E-state index in [0.29, 0.717) is 28.6 Å². The summed E-state index contributed by atoms with van der Waals surface area (Å²) in [7, 11) is 0. The first-order valence-corrected chi connectivity index (χ1v) is 14.5. The zero-order valence-corrected chi connectivity index (χ0v) is 27.4. The Kier molecular flexibility index (Phi) is 7.00. The Morgan fingerprint density at radius 1 is 0.761 bits per heavy atom. The van der Waals surface area contributed by atoms with Gasteiger partial charge in [0, 0.05) is 57.7 Å². The van der Waals surface area contributed by atoms with Gasteiger partial charge in [-0.25, -0.2) is 4.98 Å². The molecule has 0 spiro atoms. The van der Waals surface area contributed by atoms with Crippen molar-refractivity contribution in [3.8, 4) is 34.0 Å². The number of nitrogens with zero attached hydrogens (tertiary/aromatic N) is 3. The number of aromatic nitrogens is 3. The van der Waals surface area contributed by atoms with Crippen LogP contribution in [0.25, 0.3) is 67.0 Å². The van der Waals surface area contributed by atoms with E-state index < -0.39 is 13.7 Å². The number of oxazole rings is 1. The zero-order chi connectivity index (χ0) is 35.9. The van der Waals surface area contributed by atoms with E-state index >= 15 is 0 Å². The number of pyridine rings is 2. The van der Waals surface area contributed by atoms with Crippen molar-refractivity contribution in [2.75, 3.05) is 0 Å². The fraction of sp³-hybridized carbons (Fsp3) is 0.125. The molecule has 8 rings (SSSR count). The molecule has 4 aromatic carbocycles. The molecule has 0 amide bonds. The molecule has 0 aliphatic heterocycles. The van der Waals surface area contributed by atoms with Crippen molar-refractivity contribution in [1.82, 2.24) is 15.0 Å².